The Bertz CT molecular complexity index is 409. The lowest BCUT2D eigenvalue weighted by Crippen LogP contribution is -2.35. The van der Waals surface area contributed by atoms with Crippen LogP contribution in [-0.2, 0) is 9.57 Å². The molecule has 1 rings (SSSR count). The van der Waals surface area contributed by atoms with Crippen LogP contribution in [0.1, 0.15) is 20.8 Å². The lowest BCUT2D eigenvalue weighted by molar-refractivity contribution is 0.0293. The maximum absolute atomic E-state index is 11.9. The number of hydrogen-bond acceptors (Lipinski definition) is 5. The summed E-state index contributed by atoms with van der Waals surface area (Å²) in [4.78, 5) is 20.9. The number of oxime groups is 1. The molecule has 8 heteroatoms. The average Bonchev–Trinajstić information content (AvgIpc) is 2.68. The zero-order valence-corrected chi connectivity index (χ0v) is 11.7. The van der Waals surface area contributed by atoms with E-state index in [9.17, 15) is 4.79 Å². The largest absolute Gasteiger partial charge is 0.444 e. The van der Waals surface area contributed by atoms with Gasteiger partial charge in [-0.3, -0.25) is 0 Å². The maximum atomic E-state index is 11.9. The predicted octanol–water partition coefficient (Wildman–Crippen LogP) is 2.17. The minimum absolute atomic E-state index is 0.122. The van der Waals surface area contributed by atoms with Gasteiger partial charge in [-0.1, -0.05) is 10.3 Å². The second-order valence-electron chi connectivity index (χ2n) is 5.24. The van der Waals surface area contributed by atoms with E-state index in [0.29, 0.717) is 18.8 Å². The van der Waals surface area contributed by atoms with E-state index in [2.05, 4.69) is 15.2 Å². The Hall–Kier alpha value is -1.95. The second-order valence-corrected chi connectivity index (χ2v) is 5.24. The van der Waals surface area contributed by atoms with E-state index in [4.69, 9.17) is 15.1 Å². The van der Waals surface area contributed by atoms with Gasteiger partial charge in [-0.15, -0.1) is 0 Å². The van der Waals surface area contributed by atoms with E-state index in [1.807, 2.05) is 20.8 Å². The smallest absolute Gasteiger partial charge is 0.410 e. The van der Waals surface area contributed by atoms with Crippen molar-refractivity contribution in [2.24, 2.45) is 16.2 Å². The van der Waals surface area contributed by atoms with Gasteiger partial charge < -0.3 is 14.5 Å². The topological polar surface area (TPSA) is 99.9 Å². The van der Waals surface area contributed by atoms with Gasteiger partial charge in [0.25, 0.3) is 0 Å². The summed E-state index contributed by atoms with van der Waals surface area (Å²) in [5.74, 6) is -0.122. The van der Waals surface area contributed by atoms with Crippen LogP contribution in [0, 0.1) is 5.92 Å². The molecule has 106 valence electrons. The third kappa shape index (κ3) is 4.67. The van der Waals surface area contributed by atoms with Crippen molar-refractivity contribution in [3.8, 4) is 0 Å². The Morgan fingerprint density at radius 2 is 2.26 bits per heavy atom. The zero-order chi connectivity index (χ0) is 14.5. The Labute approximate surface area is 112 Å². The van der Waals surface area contributed by atoms with E-state index in [0.717, 1.165) is 0 Å². The third-order valence-electron chi connectivity index (χ3n) is 2.49. The fourth-order valence-corrected chi connectivity index (χ4v) is 1.75. The molecule has 1 saturated heterocycles. The van der Waals surface area contributed by atoms with Crippen molar-refractivity contribution >= 4 is 11.8 Å². The van der Waals surface area contributed by atoms with E-state index in [1.165, 1.54) is 12.0 Å². The molecule has 1 unspecified atom stereocenters. The molecule has 1 amide bonds. The number of hydrogen-bond donors (Lipinski definition) is 0. The molecular formula is C11H19N5O3. The maximum Gasteiger partial charge on any atom is 0.410 e. The van der Waals surface area contributed by atoms with E-state index in [1.54, 1.807) is 0 Å². The number of azide groups is 1. The standard InChI is InChI=1S/C11H19N5O3/c1-11(2,3)19-10(17)16-6-8(5-13-15-12)9(7-16)14-18-4/h8H,5-7H2,1-4H3. The Morgan fingerprint density at radius 1 is 1.58 bits per heavy atom. The highest BCUT2D eigenvalue weighted by atomic mass is 16.6. The summed E-state index contributed by atoms with van der Waals surface area (Å²) in [7, 11) is 1.44. The first-order chi connectivity index (χ1) is 8.87. The summed E-state index contributed by atoms with van der Waals surface area (Å²) < 4.78 is 5.29. The minimum Gasteiger partial charge on any atom is -0.444 e. The fraction of sp³-hybridized carbons (Fsp3) is 0.818. The molecule has 1 aliphatic heterocycles. The van der Waals surface area contributed by atoms with Crippen LogP contribution in [0.25, 0.3) is 10.4 Å². The van der Waals surface area contributed by atoms with Crippen LogP contribution in [0.5, 0.6) is 0 Å². The number of carbonyl (C=O) groups is 1. The predicted molar refractivity (Wildman–Crippen MR) is 69.8 cm³/mol. The molecule has 0 aromatic rings. The van der Waals surface area contributed by atoms with Gasteiger partial charge in [0.05, 0.1) is 12.3 Å². The summed E-state index contributed by atoms with van der Waals surface area (Å²) in [6.07, 6.45) is -0.403. The van der Waals surface area contributed by atoms with Crippen LogP contribution < -0.4 is 0 Å². The lowest BCUT2D eigenvalue weighted by Gasteiger charge is -2.24. The first-order valence-corrected chi connectivity index (χ1v) is 5.96. The highest BCUT2D eigenvalue weighted by Gasteiger charge is 2.34. The van der Waals surface area contributed by atoms with Crippen LogP contribution in [0.15, 0.2) is 10.3 Å². The zero-order valence-electron chi connectivity index (χ0n) is 11.7. The van der Waals surface area contributed by atoms with Crippen LogP contribution in [-0.4, -0.2) is 49.0 Å². The van der Waals surface area contributed by atoms with Crippen molar-refractivity contribution in [2.75, 3.05) is 26.7 Å². The average molecular weight is 269 g/mol. The van der Waals surface area contributed by atoms with Gasteiger partial charge in [0, 0.05) is 23.9 Å². The number of likely N-dealkylation sites (tertiary alicyclic amines) is 1. The van der Waals surface area contributed by atoms with Gasteiger partial charge in [0.15, 0.2) is 0 Å². The molecule has 0 saturated carbocycles. The van der Waals surface area contributed by atoms with E-state index in [-0.39, 0.29) is 12.5 Å². The van der Waals surface area contributed by atoms with E-state index < -0.39 is 11.7 Å². The quantitative estimate of drug-likeness (QED) is 0.339. The van der Waals surface area contributed by atoms with Gasteiger partial charge >= 0.3 is 6.09 Å². The monoisotopic (exact) mass is 269 g/mol. The van der Waals surface area contributed by atoms with Crippen molar-refractivity contribution in [1.29, 1.82) is 0 Å². The van der Waals surface area contributed by atoms with Gasteiger partial charge in [0.1, 0.15) is 12.7 Å². The van der Waals surface area contributed by atoms with Crippen molar-refractivity contribution in [3.63, 3.8) is 0 Å². The first kappa shape index (κ1) is 15.1. The van der Waals surface area contributed by atoms with Gasteiger partial charge in [0.2, 0.25) is 0 Å². The van der Waals surface area contributed by atoms with Crippen LogP contribution >= 0.6 is 0 Å². The number of amides is 1. The van der Waals surface area contributed by atoms with Gasteiger partial charge in [-0.25, -0.2) is 4.79 Å². The van der Waals surface area contributed by atoms with Gasteiger partial charge in [-0.05, 0) is 26.3 Å². The Balaban J connectivity index is 2.72. The molecule has 0 spiro atoms. The second kappa shape index (κ2) is 6.29. The molecule has 0 radical (unpaired) electrons. The summed E-state index contributed by atoms with van der Waals surface area (Å²) in [6.45, 7) is 6.41. The number of nitrogens with zero attached hydrogens (tertiary/aromatic N) is 5. The Kier molecular flexibility index (Phi) is 5.00. The highest BCUT2D eigenvalue weighted by Crippen LogP contribution is 2.18. The van der Waals surface area contributed by atoms with Crippen LogP contribution in [0.4, 0.5) is 4.79 Å². The molecular weight excluding hydrogens is 250 g/mol. The minimum atomic E-state index is -0.543. The number of carbonyl (C=O) groups excluding carboxylic acids is 1. The summed E-state index contributed by atoms with van der Waals surface area (Å²) in [5.41, 5.74) is 8.49. The Morgan fingerprint density at radius 3 is 2.79 bits per heavy atom. The van der Waals surface area contributed by atoms with Crippen LogP contribution in [0.2, 0.25) is 0 Å². The molecule has 0 N–H and O–H groups in total. The molecule has 1 heterocycles. The molecule has 0 aromatic carbocycles. The van der Waals surface area contributed by atoms with Crippen molar-refractivity contribution in [3.05, 3.63) is 10.4 Å². The molecule has 1 fully saturated rings. The molecule has 0 aromatic heterocycles. The summed E-state index contributed by atoms with van der Waals surface area (Å²) in [5, 5.41) is 7.39. The SMILES string of the molecule is CON=C1CN(C(=O)OC(C)(C)C)CC1CN=[N+]=[N-]. The van der Waals surface area contributed by atoms with E-state index >= 15 is 0 Å². The fourth-order valence-electron chi connectivity index (χ4n) is 1.75. The molecule has 0 aliphatic carbocycles. The van der Waals surface area contributed by atoms with Crippen LogP contribution in [0.3, 0.4) is 0 Å². The lowest BCUT2D eigenvalue weighted by atomic mass is 10.1. The molecule has 1 aliphatic rings. The normalized spacial score (nSPS) is 21.2. The van der Waals surface area contributed by atoms with Crippen molar-refractivity contribution in [2.45, 2.75) is 26.4 Å². The highest BCUT2D eigenvalue weighted by molar-refractivity contribution is 5.93. The third-order valence-corrected chi connectivity index (χ3v) is 2.49. The van der Waals surface area contributed by atoms with Gasteiger partial charge in [-0.2, -0.15) is 0 Å². The summed E-state index contributed by atoms with van der Waals surface area (Å²) >= 11 is 0. The molecule has 19 heavy (non-hydrogen) atoms. The van der Waals surface area contributed by atoms with Crippen molar-refractivity contribution < 1.29 is 14.4 Å². The molecule has 8 nitrogen and oxygen atoms in total. The molecule has 1 atom stereocenters. The van der Waals surface area contributed by atoms with Crippen molar-refractivity contribution in [1.82, 2.24) is 4.90 Å². The summed E-state index contributed by atoms with van der Waals surface area (Å²) in [6, 6.07) is 0. The first-order valence-electron chi connectivity index (χ1n) is 5.96. The number of ether oxygens (including phenoxy) is 1. The molecule has 0 bridgehead atoms. The number of rotatable bonds is 3.